The van der Waals surface area contributed by atoms with Gasteiger partial charge in [0, 0.05) is 44.2 Å². The molecule has 1 atom stereocenters. The highest BCUT2D eigenvalue weighted by atomic mass is 127. The third-order valence-corrected chi connectivity index (χ3v) is 4.70. The first-order valence-electron chi connectivity index (χ1n) is 10.2. The molecule has 8 heteroatoms. The Bertz CT molecular complexity index is 654. The van der Waals surface area contributed by atoms with Crippen molar-refractivity contribution >= 4 is 35.8 Å². The van der Waals surface area contributed by atoms with Gasteiger partial charge in [0.05, 0.1) is 6.54 Å². The quantitative estimate of drug-likeness (QED) is 0.299. The summed E-state index contributed by atoms with van der Waals surface area (Å²) in [6.45, 7) is 8.36. The molecule has 0 aliphatic carbocycles. The number of likely N-dealkylation sites (N-methyl/N-ethyl adjacent to an activating group) is 1. The SMILES string of the molecule is CCNC(=NCc1ccccc1OCCN(C)C)NC1CCN(C(=O)CC)C1.I. The van der Waals surface area contributed by atoms with Gasteiger partial charge in [0.2, 0.25) is 5.91 Å². The lowest BCUT2D eigenvalue weighted by atomic mass is 10.2. The van der Waals surface area contributed by atoms with Crippen molar-refractivity contribution in [1.82, 2.24) is 20.4 Å². The van der Waals surface area contributed by atoms with Crippen LogP contribution in [-0.4, -0.2) is 74.6 Å². The van der Waals surface area contributed by atoms with Crippen LogP contribution in [0.5, 0.6) is 5.75 Å². The van der Waals surface area contributed by atoms with Gasteiger partial charge in [-0.1, -0.05) is 25.1 Å². The van der Waals surface area contributed by atoms with Gasteiger partial charge in [0.15, 0.2) is 5.96 Å². The number of halogens is 1. The van der Waals surface area contributed by atoms with E-state index in [1.807, 2.05) is 44.1 Å². The number of nitrogens with zero attached hydrogens (tertiary/aromatic N) is 3. The Morgan fingerprint density at radius 2 is 2.07 bits per heavy atom. The Labute approximate surface area is 192 Å². The zero-order chi connectivity index (χ0) is 20.4. The number of carbonyl (C=O) groups is 1. The fraction of sp³-hybridized carbons (Fsp3) is 0.619. The molecule has 0 aromatic heterocycles. The van der Waals surface area contributed by atoms with E-state index in [2.05, 4.69) is 28.5 Å². The highest BCUT2D eigenvalue weighted by molar-refractivity contribution is 14.0. The minimum Gasteiger partial charge on any atom is -0.492 e. The van der Waals surface area contributed by atoms with Gasteiger partial charge in [-0.25, -0.2) is 4.99 Å². The Morgan fingerprint density at radius 1 is 1.31 bits per heavy atom. The van der Waals surface area contributed by atoms with Gasteiger partial charge in [-0.05, 0) is 33.5 Å². The summed E-state index contributed by atoms with van der Waals surface area (Å²) in [4.78, 5) is 20.6. The number of amides is 1. The van der Waals surface area contributed by atoms with Crippen LogP contribution in [0.25, 0.3) is 0 Å². The predicted octanol–water partition coefficient (Wildman–Crippen LogP) is 2.31. The van der Waals surface area contributed by atoms with E-state index < -0.39 is 0 Å². The van der Waals surface area contributed by atoms with E-state index >= 15 is 0 Å². The molecule has 1 amide bonds. The molecule has 1 fully saturated rings. The summed E-state index contributed by atoms with van der Waals surface area (Å²) in [6.07, 6.45) is 1.51. The minimum absolute atomic E-state index is 0. The minimum atomic E-state index is 0. The summed E-state index contributed by atoms with van der Waals surface area (Å²) in [5.41, 5.74) is 1.06. The molecule has 1 heterocycles. The number of benzene rings is 1. The molecule has 1 aromatic carbocycles. The van der Waals surface area contributed by atoms with Gasteiger partial charge >= 0.3 is 0 Å². The number of guanidine groups is 1. The molecule has 0 bridgehead atoms. The van der Waals surface area contributed by atoms with Crippen LogP contribution in [0.15, 0.2) is 29.3 Å². The maximum absolute atomic E-state index is 11.9. The summed E-state index contributed by atoms with van der Waals surface area (Å²) >= 11 is 0. The predicted molar refractivity (Wildman–Crippen MR) is 129 cm³/mol. The van der Waals surface area contributed by atoms with Crippen LogP contribution < -0.4 is 15.4 Å². The van der Waals surface area contributed by atoms with Crippen LogP contribution >= 0.6 is 24.0 Å². The molecule has 0 spiro atoms. The van der Waals surface area contributed by atoms with Crippen LogP contribution in [0.2, 0.25) is 0 Å². The van der Waals surface area contributed by atoms with Gasteiger partial charge in [-0.15, -0.1) is 24.0 Å². The molecule has 2 N–H and O–H groups in total. The molecule has 7 nitrogen and oxygen atoms in total. The van der Waals surface area contributed by atoms with E-state index in [1.54, 1.807) is 0 Å². The van der Waals surface area contributed by atoms with Gasteiger partial charge in [0.25, 0.3) is 0 Å². The molecule has 1 aliphatic rings. The maximum Gasteiger partial charge on any atom is 0.222 e. The third kappa shape index (κ3) is 8.77. The third-order valence-electron chi connectivity index (χ3n) is 4.70. The highest BCUT2D eigenvalue weighted by Crippen LogP contribution is 2.19. The van der Waals surface area contributed by atoms with E-state index in [-0.39, 0.29) is 35.9 Å². The Balaban J connectivity index is 0.00000420. The van der Waals surface area contributed by atoms with E-state index in [4.69, 9.17) is 9.73 Å². The standard InChI is InChI=1S/C21H35N5O2.HI/c1-5-20(27)26-12-11-18(16-26)24-21(22-6-2)23-15-17-9-7-8-10-19(17)28-14-13-25(3)4;/h7-10,18H,5-6,11-16H2,1-4H3,(H2,22,23,24);1H. The molecular weight excluding hydrogens is 481 g/mol. The maximum atomic E-state index is 11.9. The van der Waals surface area contributed by atoms with Crippen molar-refractivity contribution in [2.75, 3.05) is 46.9 Å². The van der Waals surface area contributed by atoms with Crippen molar-refractivity contribution in [3.05, 3.63) is 29.8 Å². The Kier molecular flexibility index (Phi) is 12.0. The number of carbonyl (C=O) groups excluding carboxylic acids is 1. The first kappa shape index (κ1) is 25.5. The zero-order valence-electron chi connectivity index (χ0n) is 18.1. The first-order valence-corrected chi connectivity index (χ1v) is 10.2. The van der Waals surface area contributed by atoms with Gasteiger partial charge in [-0.2, -0.15) is 0 Å². The number of hydrogen-bond acceptors (Lipinski definition) is 4. The normalized spacial score (nSPS) is 16.5. The molecule has 2 rings (SSSR count). The van der Waals surface area contributed by atoms with E-state index in [9.17, 15) is 4.79 Å². The highest BCUT2D eigenvalue weighted by Gasteiger charge is 2.25. The summed E-state index contributed by atoms with van der Waals surface area (Å²) in [5.74, 6) is 1.88. The lowest BCUT2D eigenvalue weighted by Gasteiger charge is -2.19. The Hall–Kier alpha value is -1.55. The molecule has 29 heavy (non-hydrogen) atoms. The van der Waals surface area contributed by atoms with Crippen molar-refractivity contribution < 1.29 is 9.53 Å². The van der Waals surface area contributed by atoms with Gasteiger partial charge in [0.1, 0.15) is 12.4 Å². The number of ether oxygens (including phenoxy) is 1. The largest absolute Gasteiger partial charge is 0.492 e. The average Bonchev–Trinajstić information content (AvgIpc) is 3.15. The molecule has 1 unspecified atom stereocenters. The number of para-hydroxylation sites is 1. The molecule has 164 valence electrons. The van der Waals surface area contributed by atoms with Crippen molar-refractivity contribution in [2.45, 2.75) is 39.3 Å². The zero-order valence-corrected chi connectivity index (χ0v) is 20.4. The molecule has 1 saturated heterocycles. The van der Waals surface area contributed by atoms with Crippen LogP contribution in [0.1, 0.15) is 32.3 Å². The van der Waals surface area contributed by atoms with Crippen LogP contribution in [-0.2, 0) is 11.3 Å². The van der Waals surface area contributed by atoms with Crippen molar-refractivity contribution in [2.24, 2.45) is 4.99 Å². The average molecular weight is 517 g/mol. The molecular formula is C21H36IN5O2. The van der Waals surface area contributed by atoms with Gasteiger partial charge in [-0.3, -0.25) is 4.79 Å². The Morgan fingerprint density at radius 3 is 2.76 bits per heavy atom. The lowest BCUT2D eigenvalue weighted by Crippen LogP contribution is -2.45. The molecule has 0 saturated carbocycles. The van der Waals surface area contributed by atoms with Crippen molar-refractivity contribution in [1.29, 1.82) is 0 Å². The number of rotatable bonds is 9. The van der Waals surface area contributed by atoms with E-state index in [0.717, 1.165) is 49.9 Å². The summed E-state index contributed by atoms with van der Waals surface area (Å²) in [6, 6.07) is 8.27. The fourth-order valence-corrected chi connectivity index (χ4v) is 3.12. The van der Waals surface area contributed by atoms with Crippen molar-refractivity contribution in [3.8, 4) is 5.75 Å². The van der Waals surface area contributed by atoms with Crippen LogP contribution in [0, 0.1) is 0 Å². The second kappa shape index (κ2) is 13.6. The summed E-state index contributed by atoms with van der Waals surface area (Å²) < 4.78 is 5.93. The van der Waals surface area contributed by atoms with E-state index in [1.165, 1.54) is 0 Å². The fourth-order valence-electron chi connectivity index (χ4n) is 3.12. The number of likely N-dealkylation sites (tertiary alicyclic amines) is 1. The number of aliphatic imine (C=N–C) groups is 1. The second-order valence-electron chi connectivity index (χ2n) is 7.28. The number of nitrogens with one attached hydrogen (secondary N) is 2. The molecule has 0 radical (unpaired) electrons. The number of hydrogen-bond donors (Lipinski definition) is 2. The molecule has 1 aromatic rings. The second-order valence-corrected chi connectivity index (χ2v) is 7.28. The summed E-state index contributed by atoms with van der Waals surface area (Å²) in [5, 5.41) is 6.77. The monoisotopic (exact) mass is 517 g/mol. The summed E-state index contributed by atoms with van der Waals surface area (Å²) in [7, 11) is 4.07. The molecule has 1 aliphatic heterocycles. The van der Waals surface area contributed by atoms with Crippen LogP contribution in [0.3, 0.4) is 0 Å². The smallest absolute Gasteiger partial charge is 0.222 e. The lowest BCUT2D eigenvalue weighted by molar-refractivity contribution is -0.129. The topological polar surface area (TPSA) is 69.2 Å². The van der Waals surface area contributed by atoms with E-state index in [0.29, 0.717) is 19.6 Å². The van der Waals surface area contributed by atoms with Crippen LogP contribution in [0.4, 0.5) is 0 Å². The first-order chi connectivity index (χ1) is 13.5. The van der Waals surface area contributed by atoms with Crippen molar-refractivity contribution in [3.63, 3.8) is 0 Å². The van der Waals surface area contributed by atoms with Gasteiger partial charge < -0.3 is 25.2 Å².